The normalized spacial score (nSPS) is 24.2. The average Bonchev–Trinajstić information content (AvgIpc) is 3.64. The number of aliphatic imine (C=N–C) groups is 4. The Hall–Kier alpha value is -1.24. The second-order valence-electron chi connectivity index (χ2n) is 8.12. The number of hydrogen-bond donors (Lipinski definition) is 8. The summed E-state index contributed by atoms with van der Waals surface area (Å²) < 4.78 is 8.55. The Bertz CT molecular complexity index is 612. The van der Waals surface area contributed by atoms with Gasteiger partial charge < -0.3 is 52.1 Å². The van der Waals surface area contributed by atoms with Crippen molar-refractivity contribution >= 4 is 33.2 Å². The molecule has 4 unspecified atom stereocenters. The second-order valence-corrected chi connectivity index (χ2v) is 9.01. The van der Waals surface area contributed by atoms with Gasteiger partial charge in [0.2, 0.25) is 0 Å². The molecular formula is C20H44ClN8O8P. The predicted molar refractivity (Wildman–Crippen MR) is 132 cm³/mol. The lowest BCUT2D eigenvalue weighted by Gasteiger charge is -2.36. The van der Waals surface area contributed by atoms with Gasteiger partial charge in [0.25, 0.3) is 0 Å². The van der Waals surface area contributed by atoms with Crippen molar-refractivity contribution in [3.8, 4) is 0 Å². The molecule has 0 saturated carbocycles. The summed E-state index contributed by atoms with van der Waals surface area (Å²) in [5.74, 6) is 0. The van der Waals surface area contributed by atoms with Gasteiger partial charge in [-0.25, -0.2) is 20.0 Å². The number of halogens is 1. The van der Waals surface area contributed by atoms with Crippen LogP contribution in [-0.4, -0.2) is 151 Å². The van der Waals surface area contributed by atoms with Crippen molar-refractivity contribution in [3.63, 3.8) is 0 Å². The van der Waals surface area contributed by atoms with Crippen molar-refractivity contribution in [1.29, 1.82) is 0 Å². The molecule has 0 aromatic heterocycles. The fraction of sp³-hybridized carbons (Fsp3) is 0.800. The van der Waals surface area contributed by atoms with E-state index in [2.05, 4.69) is 20.0 Å². The van der Waals surface area contributed by atoms with Crippen LogP contribution in [0.3, 0.4) is 0 Å². The van der Waals surface area contributed by atoms with Crippen molar-refractivity contribution in [2.75, 3.05) is 105 Å². The molecule has 0 spiro atoms. The SMILES string of the molecule is O=P([O-])([O-])[O-].OCC[NH+]1C=NCC1.OCC[NH+]1C=NCC1.OCC[NH+]1C=NCC1.OCC[NH+]1C=NCC1.[Cl-]. The maximum atomic E-state index is 8.55. The average molecular weight is 591 g/mol. The third kappa shape index (κ3) is 26.4. The van der Waals surface area contributed by atoms with Crippen LogP contribution in [0, 0.1) is 0 Å². The van der Waals surface area contributed by atoms with Gasteiger partial charge in [0, 0.05) is 0 Å². The first-order valence-electron chi connectivity index (χ1n) is 12.3. The van der Waals surface area contributed by atoms with Gasteiger partial charge in [0.05, 0.1) is 52.6 Å². The maximum absolute atomic E-state index is 8.55. The van der Waals surface area contributed by atoms with Gasteiger partial charge in [0.1, 0.15) is 52.4 Å². The van der Waals surface area contributed by atoms with E-state index in [1.807, 2.05) is 25.4 Å². The minimum atomic E-state index is -5.39. The summed E-state index contributed by atoms with van der Waals surface area (Å²) in [7, 11) is -5.39. The van der Waals surface area contributed by atoms with Gasteiger partial charge in [-0.1, -0.05) is 0 Å². The summed E-state index contributed by atoms with van der Waals surface area (Å²) in [5.41, 5.74) is 0. The molecule has 8 N–H and O–H groups in total. The Morgan fingerprint density at radius 2 is 0.737 bits per heavy atom. The Labute approximate surface area is 230 Å². The molecule has 4 atom stereocenters. The van der Waals surface area contributed by atoms with Crippen LogP contribution in [0.5, 0.6) is 0 Å². The molecule has 16 nitrogen and oxygen atoms in total. The maximum Gasteiger partial charge on any atom is 0.183 e. The fourth-order valence-electron chi connectivity index (χ4n) is 3.20. The van der Waals surface area contributed by atoms with Crippen molar-refractivity contribution in [1.82, 2.24) is 0 Å². The number of phosphoric acid groups is 1. The lowest BCUT2D eigenvalue weighted by molar-refractivity contribution is -0.791. The molecule has 4 heterocycles. The van der Waals surface area contributed by atoms with Crippen LogP contribution in [0.2, 0.25) is 0 Å². The van der Waals surface area contributed by atoms with Crippen molar-refractivity contribution in [2.45, 2.75) is 0 Å². The van der Waals surface area contributed by atoms with E-state index < -0.39 is 7.82 Å². The highest BCUT2D eigenvalue weighted by Crippen LogP contribution is 2.03. The van der Waals surface area contributed by atoms with Gasteiger partial charge in [-0.3, -0.25) is 19.6 Å². The molecule has 224 valence electrons. The summed E-state index contributed by atoms with van der Waals surface area (Å²) in [6.45, 7) is 12.2. The standard InChI is InChI=1S/4C5H10N2O.ClH.H3O4P/c4*8-4-3-7-2-1-6-5-7;;1-5(2,3)4/h4*5,8H,1-4H2;1H;(H3,1,2,3,4). The van der Waals surface area contributed by atoms with E-state index in [4.69, 9.17) is 39.7 Å². The molecule has 4 rings (SSSR count). The largest absolute Gasteiger partial charge is 1.00 e. The minimum absolute atomic E-state index is 0. The Balaban J connectivity index is 0. The highest BCUT2D eigenvalue weighted by Gasteiger charge is 2.09. The molecule has 0 aliphatic carbocycles. The molecule has 4 aliphatic rings. The third-order valence-corrected chi connectivity index (χ3v) is 5.08. The number of nitrogens with one attached hydrogen (secondary N) is 4. The molecule has 4 aliphatic heterocycles. The third-order valence-electron chi connectivity index (χ3n) is 5.08. The van der Waals surface area contributed by atoms with E-state index in [1.54, 1.807) is 0 Å². The molecule has 0 aromatic carbocycles. The Morgan fingerprint density at radius 3 is 0.842 bits per heavy atom. The molecule has 18 heteroatoms. The minimum Gasteiger partial charge on any atom is -1.00 e. The van der Waals surface area contributed by atoms with Crippen LogP contribution in [-0.2, 0) is 4.57 Å². The van der Waals surface area contributed by atoms with Gasteiger partial charge in [-0.2, -0.15) is 7.82 Å². The van der Waals surface area contributed by atoms with Crippen LogP contribution in [0.25, 0.3) is 0 Å². The first-order chi connectivity index (χ1) is 17.7. The zero-order valence-corrected chi connectivity index (χ0v) is 23.3. The lowest BCUT2D eigenvalue weighted by atomic mass is 10.5. The van der Waals surface area contributed by atoms with Crippen LogP contribution in [0.4, 0.5) is 0 Å². The Morgan fingerprint density at radius 1 is 0.553 bits per heavy atom. The Kier molecular flexibility index (Phi) is 26.6. The van der Waals surface area contributed by atoms with Gasteiger partial charge in [-0.05, 0) is 0 Å². The second kappa shape index (κ2) is 26.0. The summed E-state index contributed by atoms with van der Waals surface area (Å²) in [6, 6.07) is 0. The number of nitrogens with zero attached hydrogens (tertiary/aromatic N) is 4. The quantitative estimate of drug-likeness (QED) is 0.126. The molecule has 0 bridgehead atoms. The van der Waals surface area contributed by atoms with Crippen LogP contribution in [0.1, 0.15) is 0 Å². The molecule has 0 amide bonds. The summed E-state index contributed by atoms with van der Waals surface area (Å²) in [4.78, 5) is 46.8. The van der Waals surface area contributed by atoms with Crippen LogP contribution >= 0.6 is 7.82 Å². The first kappa shape index (κ1) is 38.9. The fourth-order valence-corrected chi connectivity index (χ4v) is 3.20. The molecule has 0 fully saturated rings. The number of aliphatic hydroxyl groups excluding tert-OH is 4. The number of hydrogen-bond acceptors (Lipinski definition) is 12. The first-order valence-corrected chi connectivity index (χ1v) is 13.7. The van der Waals surface area contributed by atoms with Crippen LogP contribution < -0.4 is 46.7 Å². The monoisotopic (exact) mass is 590 g/mol. The highest BCUT2D eigenvalue weighted by molar-refractivity contribution is 7.40. The number of quaternary nitrogens is 4. The van der Waals surface area contributed by atoms with E-state index in [0.29, 0.717) is 0 Å². The van der Waals surface area contributed by atoms with Gasteiger partial charge in [0.15, 0.2) is 25.4 Å². The molecule has 38 heavy (non-hydrogen) atoms. The van der Waals surface area contributed by atoms with E-state index in [0.717, 1.165) is 78.5 Å². The van der Waals surface area contributed by atoms with Crippen LogP contribution in [0.15, 0.2) is 20.0 Å². The van der Waals surface area contributed by atoms with E-state index >= 15 is 0 Å². The summed E-state index contributed by atoms with van der Waals surface area (Å²) in [5, 5.41) is 33.8. The predicted octanol–water partition coefficient (Wildman–Crippen LogP) is -14.2. The zero-order valence-electron chi connectivity index (χ0n) is 21.7. The molecule has 0 aromatic rings. The van der Waals surface area contributed by atoms with Gasteiger partial charge >= 0.3 is 0 Å². The van der Waals surface area contributed by atoms with E-state index in [1.165, 1.54) is 19.6 Å². The van der Waals surface area contributed by atoms with E-state index in [-0.39, 0.29) is 38.8 Å². The van der Waals surface area contributed by atoms with E-state index in [9.17, 15) is 0 Å². The molecule has 0 radical (unpaired) electrons. The van der Waals surface area contributed by atoms with Crippen molar-refractivity contribution in [2.24, 2.45) is 20.0 Å². The lowest BCUT2D eigenvalue weighted by Crippen LogP contribution is -3.10. The molecule has 0 saturated heterocycles. The number of aliphatic hydroxyl groups is 4. The summed E-state index contributed by atoms with van der Waals surface area (Å²) in [6.07, 6.45) is 7.48. The zero-order chi connectivity index (χ0) is 27.8. The highest BCUT2D eigenvalue weighted by atomic mass is 35.5. The molecular weight excluding hydrogens is 547 g/mol. The topological polar surface area (TPSA) is 234 Å². The summed E-state index contributed by atoms with van der Waals surface area (Å²) >= 11 is 0. The van der Waals surface area contributed by atoms with Crippen molar-refractivity contribution < 1.29 is 71.7 Å². The van der Waals surface area contributed by atoms with Crippen molar-refractivity contribution in [3.05, 3.63) is 0 Å². The smallest absolute Gasteiger partial charge is 0.183 e. The number of rotatable bonds is 8. The van der Waals surface area contributed by atoms with Gasteiger partial charge in [-0.15, -0.1) is 0 Å².